The molecule has 4 rings (SSSR count). The molecule has 2 heterocycles. The van der Waals surface area contributed by atoms with Gasteiger partial charge in [-0.3, -0.25) is 29.0 Å². The fraction of sp³-hybridized carbons (Fsp3) is 0.273. The predicted molar refractivity (Wildman–Crippen MR) is 113 cm³/mol. The van der Waals surface area contributed by atoms with Crippen LogP contribution in [0.15, 0.2) is 42.5 Å². The quantitative estimate of drug-likeness (QED) is 0.692. The van der Waals surface area contributed by atoms with Gasteiger partial charge in [0.1, 0.15) is 0 Å². The number of fused-ring (bicyclic) bond motifs is 1. The first-order valence-corrected chi connectivity index (χ1v) is 10.4. The number of nitrogens with zero attached hydrogens (tertiary/aromatic N) is 2. The van der Waals surface area contributed by atoms with Crippen LogP contribution in [0, 0.1) is 0 Å². The van der Waals surface area contributed by atoms with Crippen LogP contribution in [0.2, 0.25) is 10.0 Å². The minimum atomic E-state index is -1.27. The van der Waals surface area contributed by atoms with E-state index < -0.39 is 35.7 Å². The highest BCUT2D eigenvalue weighted by atomic mass is 35.5. The molecule has 1 N–H and O–H groups in total. The number of likely N-dealkylation sites (tertiary alicyclic amines) is 1. The van der Waals surface area contributed by atoms with Crippen molar-refractivity contribution in [2.75, 3.05) is 13.1 Å². The minimum absolute atomic E-state index is 0.00886. The number of halogens is 2. The van der Waals surface area contributed by atoms with Crippen LogP contribution in [0.4, 0.5) is 0 Å². The van der Waals surface area contributed by atoms with Crippen molar-refractivity contribution in [3.05, 3.63) is 69.2 Å². The highest BCUT2D eigenvalue weighted by Gasteiger charge is 2.39. The van der Waals surface area contributed by atoms with Crippen molar-refractivity contribution >= 4 is 46.8 Å². The van der Waals surface area contributed by atoms with Crippen molar-refractivity contribution < 1.29 is 24.3 Å². The molecule has 7 nitrogen and oxygen atoms in total. The van der Waals surface area contributed by atoms with Crippen LogP contribution in [0.3, 0.4) is 0 Å². The van der Waals surface area contributed by atoms with Gasteiger partial charge >= 0.3 is 0 Å². The summed E-state index contributed by atoms with van der Waals surface area (Å²) >= 11 is 12.4. The summed E-state index contributed by atoms with van der Waals surface area (Å²) in [4.78, 5) is 52.1. The van der Waals surface area contributed by atoms with E-state index in [1.165, 1.54) is 0 Å². The average Bonchev–Trinajstić information content (AvgIpc) is 2.96. The van der Waals surface area contributed by atoms with Crippen LogP contribution < -0.4 is 0 Å². The van der Waals surface area contributed by atoms with Gasteiger partial charge in [0.15, 0.2) is 0 Å². The number of β-amino-alcohol motifs (C(OH)–C–C–N with tert-alkyl or cyclic N) is 1. The van der Waals surface area contributed by atoms with E-state index in [4.69, 9.17) is 23.2 Å². The van der Waals surface area contributed by atoms with E-state index in [1.54, 1.807) is 42.5 Å². The summed E-state index contributed by atoms with van der Waals surface area (Å²) < 4.78 is 0. The Labute approximate surface area is 188 Å². The molecule has 9 heteroatoms. The smallest absolute Gasteiger partial charge is 0.261 e. The van der Waals surface area contributed by atoms with Gasteiger partial charge in [0.25, 0.3) is 11.8 Å². The molecule has 2 aliphatic rings. The Morgan fingerprint density at radius 2 is 1.29 bits per heavy atom. The zero-order valence-corrected chi connectivity index (χ0v) is 17.8. The summed E-state index contributed by atoms with van der Waals surface area (Å²) in [5, 5.41) is 11.2. The number of rotatable bonds is 5. The molecule has 2 aromatic carbocycles. The molecule has 0 aromatic heterocycles. The van der Waals surface area contributed by atoms with Gasteiger partial charge < -0.3 is 5.11 Å². The topological polar surface area (TPSA) is 95.0 Å². The molecular formula is C22H18Cl2N2O5. The number of amides is 4. The lowest BCUT2D eigenvalue weighted by Crippen LogP contribution is -2.49. The Kier molecular flexibility index (Phi) is 5.83. The van der Waals surface area contributed by atoms with Crippen molar-refractivity contribution in [1.82, 2.24) is 9.80 Å². The maximum absolute atomic E-state index is 12.7. The monoisotopic (exact) mass is 460 g/mol. The molecule has 31 heavy (non-hydrogen) atoms. The van der Waals surface area contributed by atoms with E-state index in [1.807, 2.05) is 0 Å². The molecule has 0 aliphatic carbocycles. The first-order valence-electron chi connectivity index (χ1n) is 9.68. The van der Waals surface area contributed by atoms with Gasteiger partial charge in [-0.1, -0.05) is 41.4 Å². The third-order valence-corrected chi connectivity index (χ3v) is 6.18. The number of aliphatic hydroxyl groups is 1. The van der Waals surface area contributed by atoms with E-state index in [0.717, 1.165) is 9.80 Å². The number of carbonyl (C=O) groups is 4. The number of hydrogen-bond donors (Lipinski definition) is 1. The first kappa shape index (κ1) is 21.5. The Hall–Kier alpha value is -2.74. The van der Waals surface area contributed by atoms with Crippen LogP contribution in [0.25, 0.3) is 0 Å². The molecule has 1 atom stereocenters. The van der Waals surface area contributed by atoms with Crippen molar-refractivity contribution in [1.29, 1.82) is 0 Å². The Bertz CT molecular complexity index is 1030. The fourth-order valence-electron chi connectivity index (χ4n) is 4.05. The summed E-state index contributed by atoms with van der Waals surface area (Å²) in [5.74, 6) is -2.42. The van der Waals surface area contributed by atoms with Crippen molar-refractivity contribution in [2.45, 2.75) is 24.9 Å². The molecule has 0 spiro atoms. The lowest BCUT2D eigenvalue weighted by molar-refractivity contribution is -0.150. The lowest BCUT2D eigenvalue weighted by atomic mass is 9.88. The number of carbonyl (C=O) groups excluding carboxylic acids is 4. The van der Waals surface area contributed by atoms with Crippen molar-refractivity contribution in [3.63, 3.8) is 0 Å². The van der Waals surface area contributed by atoms with Crippen LogP contribution in [-0.4, -0.2) is 57.7 Å². The van der Waals surface area contributed by atoms with Gasteiger partial charge in [0, 0.05) is 28.8 Å². The third-order valence-electron chi connectivity index (χ3n) is 5.52. The second-order valence-corrected chi connectivity index (χ2v) is 8.37. The zero-order chi connectivity index (χ0) is 22.3. The molecule has 0 saturated carbocycles. The molecule has 0 radical (unpaired) electrons. The van der Waals surface area contributed by atoms with Gasteiger partial charge in [0.05, 0.1) is 30.3 Å². The van der Waals surface area contributed by atoms with E-state index in [-0.39, 0.29) is 37.1 Å². The van der Waals surface area contributed by atoms with Crippen LogP contribution in [0.1, 0.15) is 45.0 Å². The maximum atomic E-state index is 12.7. The Balaban J connectivity index is 1.42. The normalized spacial score (nSPS) is 18.0. The van der Waals surface area contributed by atoms with Gasteiger partial charge in [-0.25, -0.2) is 0 Å². The molecule has 2 aromatic rings. The Morgan fingerprint density at radius 1 is 0.806 bits per heavy atom. The van der Waals surface area contributed by atoms with E-state index in [2.05, 4.69) is 0 Å². The summed E-state index contributed by atoms with van der Waals surface area (Å²) in [5.41, 5.74) is 1.09. The molecule has 0 bridgehead atoms. The van der Waals surface area contributed by atoms with Gasteiger partial charge in [0.2, 0.25) is 11.8 Å². The van der Waals surface area contributed by atoms with E-state index in [9.17, 15) is 24.3 Å². The van der Waals surface area contributed by atoms with Gasteiger partial charge in [-0.2, -0.15) is 0 Å². The SMILES string of the molecule is O=C1CC(c2c(Cl)cccc2Cl)CC(=O)N1CC(O)CN1C(=O)c2ccccc2C1=O. The second-order valence-electron chi connectivity index (χ2n) is 7.56. The van der Waals surface area contributed by atoms with Crippen molar-refractivity contribution in [3.8, 4) is 0 Å². The molecule has 160 valence electrons. The van der Waals surface area contributed by atoms with E-state index >= 15 is 0 Å². The zero-order valence-electron chi connectivity index (χ0n) is 16.3. The summed E-state index contributed by atoms with van der Waals surface area (Å²) in [6.45, 7) is -0.628. The van der Waals surface area contributed by atoms with Crippen LogP contribution in [-0.2, 0) is 9.59 Å². The first-order chi connectivity index (χ1) is 14.8. The van der Waals surface area contributed by atoms with Gasteiger partial charge in [-0.05, 0) is 29.8 Å². The number of benzene rings is 2. The lowest BCUT2D eigenvalue weighted by Gasteiger charge is -2.32. The molecule has 2 aliphatic heterocycles. The molecule has 4 amide bonds. The number of hydrogen-bond acceptors (Lipinski definition) is 5. The molecule has 1 fully saturated rings. The van der Waals surface area contributed by atoms with Crippen LogP contribution in [0.5, 0.6) is 0 Å². The number of imide groups is 2. The average molecular weight is 461 g/mol. The third kappa shape index (κ3) is 3.96. The maximum Gasteiger partial charge on any atom is 0.261 e. The number of piperidine rings is 1. The van der Waals surface area contributed by atoms with Crippen molar-refractivity contribution in [2.24, 2.45) is 0 Å². The largest absolute Gasteiger partial charge is 0.389 e. The van der Waals surface area contributed by atoms with Gasteiger partial charge in [-0.15, -0.1) is 0 Å². The molecule has 1 saturated heterocycles. The highest BCUT2D eigenvalue weighted by molar-refractivity contribution is 6.36. The fourth-order valence-corrected chi connectivity index (χ4v) is 4.75. The second kappa shape index (κ2) is 8.42. The highest BCUT2D eigenvalue weighted by Crippen LogP contribution is 2.38. The standard InChI is InChI=1S/C22H18Cl2N2O5/c23-16-6-3-7-17(24)20(16)12-8-18(28)25(19(29)9-12)10-13(27)11-26-21(30)14-4-1-2-5-15(14)22(26)31/h1-7,12-13,27H,8-11H2. The summed E-state index contributed by atoms with van der Waals surface area (Å²) in [7, 11) is 0. The molecule has 1 unspecified atom stereocenters. The van der Waals surface area contributed by atoms with Crippen LogP contribution >= 0.6 is 23.2 Å². The number of aliphatic hydroxyl groups excluding tert-OH is 1. The van der Waals surface area contributed by atoms with E-state index in [0.29, 0.717) is 15.6 Å². The minimum Gasteiger partial charge on any atom is -0.389 e. The summed E-state index contributed by atoms with van der Waals surface area (Å²) in [6.07, 6.45) is -1.25. The predicted octanol–water partition coefficient (Wildman–Crippen LogP) is 2.88. The summed E-state index contributed by atoms with van der Waals surface area (Å²) in [6, 6.07) is 11.4. The Morgan fingerprint density at radius 3 is 1.81 bits per heavy atom. The molecular weight excluding hydrogens is 443 g/mol.